The van der Waals surface area contributed by atoms with Crippen molar-refractivity contribution in [3.8, 4) is 0 Å². The van der Waals surface area contributed by atoms with Crippen LogP contribution in [-0.2, 0) is 13.1 Å². The van der Waals surface area contributed by atoms with Crippen LogP contribution in [0.15, 0.2) is 15.6 Å². The van der Waals surface area contributed by atoms with Crippen molar-refractivity contribution in [2.45, 2.75) is 26.9 Å². The average Bonchev–Trinajstić information content (AvgIpc) is 2.66. The van der Waals surface area contributed by atoms with Crippen molar-refractivity contribution < 1.29 is 0 Å². The van der Waals surface area contributed by atoms with Gasteiger partial charge < -0.3 is 5.73 Å². The zero-order valence-electron chi connectivity index (χ0n) is 10.5. The Balaban J connectivity index is 2.48. The molecule has 0 aliphatic carbocycles. The van der Waals surface area contributed by atoms with E-state index in [-0.39, 0.29) is 16.4 Å². The molecule has 0 saturated heterocycles. The van der Waals surface area contributed by atoms with Crippen molar-refractivity contribution in [2.24, 2.45) is 0 Å². The van der Waals surface area contributed by atoms with Gasteiger partial charge in [-0.3, -0.25) is 14.0 Å². The lowest BCUT2D eigenvalue weighted by Gasteiger charge is -2.09. The van der Waals surface area contributed by atoms with E-state index in [1.54, 1.807) is 0 Å². The molecule has 19 heavy (non-hydrogen) atoms. The van der Waals surface area contributed by atoms with Gasteiger partial charge in [0.05, 0.1) is 28.7 Å². The number of nitrogens with zero attached hydrogens (tertiary/aromatic N) is 4. The fourth-order valence-electron chi connectivity index (χ4n) is 1.78. The van der Waals surface area contributed by atoms with Gasteiger partial charge >= 0.3 is 0 Å². The second kappa shape index (κ2) is 5.34. The Morgan fingerprint density at radius 3 is 2.84 bits per heavy atom. The van der Waals surface area contributed by atoms with Crippen LogP contribution in [0.25, 0.3) is 0 Å². The van der Waals surface area contributed by atoms with E-state index in [9.17, 15) is 4.79 Å². The number of nitrogen functional groups attached to an aromatic ring is 1. The van der Waals surface area contributed by atoms with Crippen LogP contribution in [0.5, 0.6) is 0 Å². The summed E-state index contributed by atoms with van der Waals surface area (Å²) in [6, 6.07) is 0. The van der Waals surface area contributed by atoms with Crippen LogP contribution in [0.1, 0.15) is 18.3 Å². The molecule has 0 aliphatic rings. The largest absolute Gasteiger partial charge is 0.392 e. The van der Waals surface area contributed by atoms with E-state index < -0.39 is 0 Å². The van der Waals surface area contributed by atoms with Gasteiger partial charge in [0.15, 0.2) is 5.15 Å². The fraction of sp³-hybridized carbons (Fsp3) is 0.364. The maximum atomic E-state index is 12.0. The molecule has 0 saturated carbocycles. The topological polar surface area (TPSA) is 78.7 Å². The first-order valence-electron chi connectivity index (χ1n) is 5.67. The third-order valence-corrected chi connectivity index (χ3v) is 4.13. The molecule has 0 atom stereocenters. The van der Waals surface area contributed by atoms with Crippen LogP contribution in [0.4, 0.5) is 5.69 Å². The summed E-state index contributed by atoms with van der Waals surface area (Å²) < 4.78 is 4.13. The molecule has 2 N–H and O–H groups in total. The average molecular weight is 347 g/mol. The Morgan fingerprint density at radius 1 is 1.53 bits per heavy atom. The van der Waals surface area contributed by atoms with Crippen LogP contribution in [-0.4, -0.2) is 19.3 Å². The van der Waals surface area contributed by atoms with Crippen LogP contribution in [0.3, 0.4) is 0 Å². The molecule has 0 aliphatic heterocycles. The van der Waals surface area contributed by atoms with Crippen molar-refractivity contribution >= 4 is 33.2 Å². The summed E-state index contributed by atoms with van der Waals surface area (Å²) in [6.45, 7) is 4.94. The van der Waals surface area contributed by atoms with E-state index in [0.29, 0.717) is 13.1 Å². The molecular formula is C11H13BrClN5O. The minimum atomic E-state index is -0.353. The smallest absolute Gasteiger partial charge is 0.278 e. The summed E-state index contributed by atoms with van der Waals surface area (Å²) in [7, 11) is 0. The number of aryl methyl sites for hydroxylation is 2. The van der Waals surface area contributed by atoms with Crippen molar-refractivity contribution in [1.29, 1.82) is 0 Å². The first kappa shape index (κ1) is 14.1. The number of halogens is 2. The van der Waals surface area contributed by atoms with Gasteiger partial charge in [0.25, 0.3) is 5.56 Å². The third kappa shape index (κ3) is 2.52. The number of hydrogen-bond donors (Lipinski definition) is 1. The SMILES string of the molecule is CCn1nc(C)c(Br)c1Cn1cnc(Cl)c(N)c1=O. The van der Waals surface area contributed by atoms with Crippen LogP contribution < -0.4 is 11.3 Å². The van der Waals surface area contributed by atoms with Gasteiger partial charge in [0, 0.05) is 6.54 Å². The molecule has 0 aromatic carbocycles. The zero-order chi connectivity index (χ0) is 14.2. The number of hydrogen-bond acceptors (Lipinski definition) is 4. The highest BCUT2D eigenvalue weighted by atomic mass is 79.9. The number of aromatic nitrogens is 4. The monoisotopic (exact) mass is 345 g/mol. The van der Waals surface area contributed by atoms with Crippen LogP contribution in [0.2, 0.25) is 5.15 Å². The Kier molecular flexibility index (Phi) is 3.96. The summed E-state index contributed by atoms with van der Waals surface area (Å²) >= 11 is 9.19. The molecule has 6 nitrogen and oxygen atoms in total. The maximum Gasteiger partial charge on any atom is 0.278 e. The summed E-state index contributed by atoms with van der Waals surface area (Å²) in [4.78, 5) is 15.9. The molecule has 0 bridgehead atoms. The molecule has 0 radical (unpaired) electrons. The van der Waals surface area contributed by atoms with E-state index in [2.05, 4.69) is 26.0 Å². The predicted molar refractivity (Wildman–Crippen MR) is 77.4 cm³/mol. The van der Waals surface area contributed by atoms with Crippen LogP contribution >= 0.6 is 27.5 Å². The highest BCUT2D eigenvalue weighted by Crippen LogP contribution is 2.21. The second-order valence-electron chi connectivity index (χ2n) is 4.04. The number of nitrogens with two attached hydrogens (primary N) is 1. The normalized spacial score (nSPS) is 10.9. The van der Waals surface area contributed by atoms with E-state index in [4.69, 9.17) is 17.3 Å². The molecular weight excluding hydrogens is 334 g/mol. The minimum Gasteiger partial charge on any atom is -0.392 e. The molecule has 0 fully saturated rings. The molecule has 0 spiro atoms. The molecule has 2 aromatic heterocycles. The first-order chi connectivity index (χ1) is 8.95. The van der Waals surface area contributed by atoms with E-state index >= 15 is 0 Å². The van der Waals surface area contributed by atoms with Crippen molar-refractivity contribution in [3.63, 3.8) is 0 Å². The predicted octanol–water partition coefficient (Wildman–Crippen LogP) is 1.81. The summed E-state index contributed by atoms with van der Waals surface area (Å²) in [6.07, 6.45) is 1.38. The number of rotatable bonds is 3. The van der Waals surface area contributed by atoms with Gasteiger partial charge in [0.1, 0.15) is 5.69 Å². The van der Waals surface area contributed by atoms with Gasteiger partial charge in [-0.05, 0) is 29.8 Å². The standard InChI is InChI=1S/C11H13BrClN5O/c1-3-18-7(8(12)6(2)16-18)4-17-5-15-10(13)9(14)11(17)19/h5H,3-4,14H2,1-2H3. The summed E-state index contributed by atoms with van der Waals surface area (Å²) in [5, 5.41) is 4.40. The summed E-state index contributed by atoms with van der Waals surface area (Å²) in [5.41, 5.74) is 6.96. The van der Waals surface area contributed by atoms with E-state index in [1.807, 2.05) is 18.5 Å². The summed E-state index contributed by atoms with van der Waals surface area (Å²) in [5.74, 6) is 0. The lowest BCUT2D eigenvalue weighted by atomic mass is 10.3. The Labute approximate surface area is 123 Å². The lowest BCUT2D eigenvalue weighted by Crippen LogP contribution is -2.25. The molecule has 8 heteroatoms. The molecule has 0 amide bonds. The van der Waals surface area contributed by atoms with Crippen LogP contribution in [0, 0.1) is 6.92 Å². The molecule has 102 valence electrons. The quantitative estimate of drug-likeness (QED) is 0.860. The Morgan fingerprint density at radius 2 is 2.21 bits per heavy atom. The third-order valence-electron chi connectivity index (χ3n) is 2.80. The van der Waals surface area contributed by atoms with Gasteiger partial charge in [-0.2, -0.15) is 5.10 Å². The molecule has 2 aromatic rings. The zero-order valence-corrected chi connectivity index (χ0v) is 12.9. The Bertz CT molecular complexity index is 678. The van der Waals surface area contributed by atoms with Gasteiger partial charge in [-0.25, -0.2) is 4.98 Å². The molecule has 0 unspecified atom stereocenters. The van der Waals surface area contributed by atoms with Gasteiger partial charge in [-0.1, -0.05) is 11.6 Å². The van der Waals surface area contributed by atoms with Gasteiger partial charge in [-0.15, -0.1) is 0 Å². The molecule has 2 heterocycles. The maximum absolute atomic E-state index is 12.0. The molecule has 2 rings (SSSR count). The lowest BCUT2D eigenvalue weighted by molar-refractivity contribution is 0.588. The first-order valence-corrected chi connectivity index (χ1v) is 6.85. The fourth-order valence-corrected chi connectivity index (χ4v) is 2.31. The van der Waals surface area contributed by atoms with Gasteiger partial charge in [0.2, 0.25) is 0 Å². The van der Waals surface area contributed by atoms with Crippen molar-refractivity contribution in [2.75, 3.05) is 5.73 Å². The van der Waals surface area contributed by atoms with E-state index in [1.165, 1.54) is 10.9 Å². The highest BCUT2D eigenvalue weighted by molar-refractivity contribution is 9.10. The van der Waals surface area contributed by atoms with E-state index in [0.717, 1.165) is 15.9 Å². The number of anilines is 1. The van der Waals surface area contributed by atoms with Crippen molar-refractivity contribution in [3.05, 3.63) is 37.7 Å². The Hall–Kier alpha value is -1.34. The second-order valence-corrected chi connectivity index (χ2v) is 5.19. The van der Waals surface area contributed by atoms with Crippen molar-refractivity contribution in [1.82, 2.24) is 19.3 Å². The highest BCUT2D eigenvalue weighted by Gasteiger charge is 2.14. The minimum absolute atomic E-state index is 0.0282.